The first-order valence-corrected chi connectivity index (χ1v) is 6.60. The van der Waals surface area contributed by atoms with Crippen molar-refractivity contribution in [1.29, 1.82) is 0 Å². The Labute approximate surface area is 109 Å². The molecule has 0 saturated heterocycles. The minimum atomic E-state index is -0.0455. The van der Waals surface area contributed by atoms with Crippen LogP contribution >= 0.6 is 11.8 Å². The third-order valence-electron chi connectivity index (χ3n) is 2.86. The molecule has 1 amide bonds. The molecule has 1 aliphatic heterocycles. The lowest BCUT2D eigenvalue weighted by molar-refractivity contribution is 0.0987. The number of thioether (sulfide) groups is 1. The molecule has 1 aromatic heterocycles. The van der Waals surface area contributed by atoms with Gasteiger partial charge in [-0.25, -0.2) is 0 Å². The highest BCUT2D eigenvalue weighted by Gasteiger charge is 2.24. The van der Waals surface area contributed by atoms with Crippen molar-refractivity contribution in [2.75, 3.05) is 22.9 Å². The van der Waals surface area contributed by atoms with Gasteiger partial charge in [0.1, 0.15) is 6.26 Å². The van der Waals surface area contributed by atoms with Crippen molar-refractivity contribution in [2.45, 2.75) is 4.90 Å². The van der Waals surface area contributed by atoms with Crippen molar-refractivity contribution in [3.63, 3.8) is 0 Å². The first-order valence-electron chi connectivity index (χ1n) is 5.62. The lowest BCUT2D eigenvalue weighted by atomic mass is 10.2. The molecule has 0 unspecified atom stereocenters. The van der Waals surface area contributed by atoms with Crippen molar-refractivity contribution in [1.82, 2.24) is 0 Å². The largest absolute Gasteiger partial charge is 0.472 e. The summed E-state index contributed by atoms with van der Waals surface area (Å²) < 4.78 is 4.96. The van der Waals surface area contributed by atoms with E-state index in [1.807, 2.05) is 18.2 Å². The second-order valence-electron chi connectivity index (χ2n) is 4.04. The third kappa shape index (κ3) is 1.86. The van der Waals surface area contributed by atoms with Crippen LogP contribution in [-0.4, -0.2) is 18.2 Å². The van der Waals surface area contributed by atoms with E-state index >= 15 is 0 Å². The first kappa shape index (κ1) is 11.2. The molecule has 18 heavy (non-hydrogen) atoms. The lowest BCUT2D eigenvalue weighted by Gasteiger charge is -2.28. The van der Waals surface area contributed by atoms with Gasteiger partial charge in [-0.2, -0.15) is 0 Å². The summed E-state index contributed by atoms with van der Waals surface area (Å²) in [7, 11) is 0. The minimum Gasteiger partial charge on any atom is -0.472 e. The molecule has 1 aliphatic rings. The first-order chi connectivity index (χ1) is 8.75. The number of benzene rings is 1. The Hall–Kier alpha value is -1.88. The van der Waals surface area contributed by atoms with Gasteiger partial charge in [0.15, 0.2) is 0 Å². The smallest absolute Gasteiger partial charge is 0.261 e. The van der Waals surface area contributed by atoms with Gasteiger partial charge in [-0.1, -0.05) is 0 Å². The molecule has 0 fully saturated rings. The van der Waals surface area contributed by atoms with Crippen molar-refractivity contribution >= 4 is 29.0 Å². The highest BCUT2D eigenvalue weighted by Crippen LogP contribution is 2.36. The fraction of sp³-hybridized carbons (Fsp3) is 0.154. The van der Waals surface area contributed by atoms with E-state index in [4.69, 9.17) is 10.2 Å². The number of fused-ring (bicyclic) bond motifs is 1. The van der Waals surface area contributed by atoms with Gasteiger partial charge in [0.25, 0.3) is 5.91 Å². The van der Waals surface area contributed by atoms with Crippen LogP contribution in [0.4, 0.5) is 11.4 Å². The maximum Gasteiger partial charge on any atom is 0.261 e. The van der Waals surface area contributed by atoms with Gasteiger partial charge in [-0.05, 0) is 24.3 Å². The molecule has 0 aliphatic carbocycles. The lowest BCUT2D eigenvalue weighted by Crippen LogP contribution is -2.35. The minimum absolute atomic E-state index is 0.0455. The third-order valence-corrected chi connectivity index (χ3v) is 3.90. The van der Waals surface area contributed by atoms with Crippen LogP contribution < -0.4 is 10.6 Å². The SMILES string of the molecule is Nc1ccc2c(c1)N(C(=O)c1ccoc1)CCS2. The summed E-state index contributed by atoms with van der Waals surface area (Å²) in [4.78, 5) is 15.2. The molecule has 5 heteroatoms. The Morgan fingerprint density at radius 3 is 3.06 bits per heavy atom. The van der Waals surface area contributed by atoms with Crippen LogP contribution in [0.5, 0.6) is 0 Å². The van der Waals surface area contributed by atoms with E-state index in [-0.39, 0.29) is 5.91 Å². The summed E-state index contributed by atoms with van der Waals surface area (Å²) in [6.07, 6.45) is 2.97. The van der Waals surface area contributed by atoms with Gasteiger partial charge in [0.05, 0.1) is 17.5 Å². The zero-order valence-corrected chi connectivity index (χ0v) is 10.4. The van der Waals surface area contributed by atoms with Gasteiger partial charge in [-0.3, -0.25) is 4.79 Å². The average molecular weight is 260 g/mol. The van der Waals surface area contributed by atoms with Crippen LogP contribution in [0.1, 0.15) is 10.4 Å². The molecule has 3 rings (SSSR count). The normalized spacial score (nSPS) is 14.3. The number of nitrogens with zero attached hydrogens (tertiary/aromatic N) is 1. The summed E-state index contributed by atoms with van der Waals surface area (Å²) in [6, 6.07) is 7.34. The predicted octanol–water partition coefficient (Wildman–Crippen LogP) is 2.61. The highest BCUT2D eigenvalue weighted by molar-refractivity contribution is 7.99. The summed E-state index contributed by atoms with van der Waals surface area (Å²) in [6.45, 7) is 0.686. The number of furan rings is 1. The topological polar surface area (TPSA) is 59.5 Å². The van der Waals surface area contributed by atoms with Gasteiger partial charge < -0.3 is 15.1 Å². The quantitative estimate of drug-likeness (QED) is 0.801. The molecular weight excluding hydrogens is 248 g/mol. The molecule has 2 aromatic rings. The molecule has 0 radical (unpaired) electrons. The monoisotopic (exact) mass is 260 g/mol. The van der Waals surface area contributed by atoms with E-state index in [9.17, 15) is 4.79 Å². The van der Waals surface area contributed by atoms with Crippen LogP contribution in [0.25, 0.3) is 0 Å². The second kappa shape index (κ2) is 4.42. The zero-order valence-electron chi connectivity index (χ0n) is 9.63. The predicted molar refractivity (Wildman–Crippen MR) is 72.0 cm³/mol. The van der Waals surface area contributed by atoms with E-state index in [0.717, 1.165) is 16.3 Å². The number of rotatable bonds is 1. The number of amides is 1. The van der Waals surface area contributed by atoms with Crippen LogP contribution in [0.2, 0.25) is 0 Å². The standard InChI is InChI=1S/C13H12N2O2S/c14-10-1-2-12-11(7-10)15(4-6-18-12)13(16)9-3-5-17-8-9/h1-3,5,7-8H,4,6,14H2. The maximum absolute atomic E-state index is 12.4. The molecule has 2 N–H and O–H groups in total. The Kier molecular flexibility index (Phi) is 2.76. The molecule has 92 valence electrons. The number of carbonyl (C=O) groups is 1. The highest BCUT2D eigenvalue weighted by atomic mass is 32.2. The van der Waals surface area contributed by atoms with E-state index in [2.05, 4.69) is 0 Å². The summed E-state index contributed by atoms with van der Waals surface area (Å²) >= 11 is 1.74. The molecule has 0 atom stereocenters. The maximum atomic E-state index is 12.4. The molecule has 0 bridgehead atoms. The van der Waals surface area contributed by atoms with Crippen LogP contribution in [0.3, 0.4) is 0 Å². The molecule has 4 nitrogen and oxygen atoms in total. The Morgan fingerprint density at radius 2 is 2.28 bits per heavy atom. The Balaban J connectivity index is 2.01. The van der Waals surface area contributed by atoms with Gasteiger partial charge in [0, 0.05) is 22.9 Å². The second-order valence-corrected chi connectivity index (χ2v) is 5.18. The number of hydrogen-bond acceptors (Lipinski definition) is 4. The summed E-state index contributed by atoms with van der Waals surface area (Å²) in [5, 5.41) is 0. The number of nitrogens with two attached hydrogens (primary N) is 1. The van der Waals surface area contributed by atoms with Crippen LogP contribution in [0.15, 0.2) is 46.1 Å². The fourth-order valence-corrected chi connectivity index (χ4v) is 2.96. The number of hydrogen-bond donors (Lipinski definition) is 1. The van der Waals surface area contributed by atoms with Gasteiger partial charge in [-0.15, -0.1) is 11.8 Å². The number of nitrogen functional groups attached to an aromatic ring is 1. The van der Waals surface area contributed by atoms with Gasteiger partial charge >= 0.3 is 0 Å². The molecule has 1 aromatic carbocycles. The van der Waals surface area contributed by atoms with Crippen molar-refractivity contribution in [3.8, 4) is 0 Å². The van der Waals surface area contributed by atoms with E-state index in [0.29, 0.717) is 17.8 Å². The van der Waals surface area contributed by atoms with Gasteiger partial charge in [0.2, 0.25) is 0 Å². The van der Waals surface area contributed by atoms with Crippen molar-refractivity contribution < 1.29 is 9.21 Å². The molecular formula is C13H12N2O2S. The zero-order chi connectivity index (χ0) is 12.5. The average Bonchev–Trinajstić information content (AvgIpc) is 2.91. The van der Waals surface area contributed by atoms with E-state index in [1.165, 1.54) is 12.5 Å². The van der Waals surface area contributed by atoms with Crippen LogP contribution in [0, 0.1) is 0 Å². The van der Waals surface area contributed by atoms with Crippen molar-refractivity contribution in [2.24, 2.45) is 0 Å². The molecule has 2 heterocycles. The number of carbonyl (C=O) groups excluding carboxylic acids is 1. The molecule has 0 spiro atoms. The fourth-order valence-electron chi connectivity index (χ4n) is 1.99. The Bertz CT molecular complexity index is 581. The molecule has 0 saturated carbocycles. The summed E-state index contributed by atoms with van der Waals surface area (Å²) in [5.41, 5.74) is 7.92. The summed E-state index contributed by atoms with van der Waals surface area (Å²) in [5.74, 6) is 0.844. The van der Waals surface area contributed by atoms with Crippen molar-refractivity contribution in [3.05, 3.63) is 42.4 Å². The van der Waals surface area contributed by atoms with E-state index < -0.39 is 0 Å². The van der Waals surface area contributed by atoms with Crippen LogP contribution in [-0.2, 0) is 0 Å². The van der Waals surface area contributed by atoms with E-state index in [1.54, 1.807) is 22.7 Å². The Morgan fingerprint density at radius 1 is 1.39 bits per heavy atom. The number of anilines is 2.